The predicted octanol–water partition coefficient (Wildman–Crippen LogP) is -12.3. The van der Waals surface area contributed by atoms with Crippen LogP contribution < -0.4 is 98.2 Å². The van der Waals surface area contributed by atoms with Gasteiger partial charge in [0.05, 0.1) is 31.5 Å². The topological polar surface area (TPSA) is 737 Å². The Hall–Kier alpha value is -9.51. The monoisotopic (exact) mass is 1570 g/mol. The molecule has 2 heterocycles. The summed E-state index contributed by atoms with van der Waals surface area (Å²) in [6.07, 6.45) is -12.1. The molecular weight excluding hydrogens is 1460 g/mol. The number of rotatable bonds is 48. The van der Waals surface area contributed by atoms with Crippen LogP contribution in [0.4, 0.5) is 0 Å². The number of imide groups is 1. The number of guanidine groups is 1. The molecule has 0 aromatic rings. The van der Waals surface area contributed by atoms with Gasteiger partial charge in [-0.25, -0.2) is 0 Å². The van der Waals surface area contributed by atoms with Crippen molar-refractivity contribution in [2.24, 2.45) is 57.1 Å². The summed E-state index contributed by atoms with van der Waals surface area (Å²) in [5.74, 6) is -20.4. The highest BCUT2D eigenvalue weighted by molar-refractivity contribution is 8.00. The molecule has 2 aliphatic rings. The molecule has 0 bridgehead atoms. The summed E-state index contributed by atoms with van der Waals surface area (Å²) in [5.41, 5.74) is 32.6. The SMILES string of the molecule is CC(=O)N[C@H](C(=O)N[C@@H](C)C(=O)N[C@@H](CCCN=C(N)N)C(=O)N[C@@H](CC(C)C)C(=O)N[C@@H](CO)C(=O)N[C@@H](CSC1CC(=O)N([C@@H]2O[C@H](CO)[C@H](O)[C@H](O)[C@H]2O)C1=O)C(=O)N[C@@H](CCCCN)C(=O)N[C@@H](CO)C(=O)N[C@H](C(=O)N[C@@H](CC(N)=O)C(=O)N[C@@H](C)C(=O)N[C@@H](CCC(N)=O)C(N)=O)C(C)C)C(C)C. The molecule has 17 amide bonds. The third-order valence-corrected chi connectivity index (χ3v) is 18.2. The minimum atomic E-state index is -2.11. The zero-order valence-electron chi connectivity index (χ0n) is 62.2. The van der Waals surface area contributed by atoms with E-state index in [1.807, 2.05) is 0 Å². The molecule has 0 spiro atoms. The van der Waals surface area contributed by atoms with Gasteiger partial charge in [-0.3, -0.25) is 91.4 Å². The molecule has 0 radical (unpaired) electrons. The summed E-state index contributed by atoms with van der Waals surface area (Å²) in [7, 11) is 0. The number of nitrogens with zero attached hydrogens (tertiary/aromatic N) is 2. The average molecular weight is 1580 g/mol. The number of aliphatic imine (C=N–C) groups is 1. The van der Waals surface area contributed by atoms with Crippen molar-refractivity contribution in [3.63, 3.8) is 0 Å². The highest BCUT2D eigenvalue weighted by Gasteiger charge is 2.53. The van der Waals surface area contributed by atoms with Crippen LogP contribution in [0.25, 0.3) is 0 Å². The number of aliphatic hydroxyl groups excluding tert-OH is 6. The van der Waals surface area contributed by atoms with E-state index < -0.39 is 265 Å². The number of nitrogens with two attached hydrogens (primary N) is 6. The van der Waals surface area contributed by atoms with Crippen molar-refractivity contribution in [1.82, 2.24) is 68.7 Å². The number of ether oxygens (including phenoxy) is 1. The molecule has 44 nitrogen and oxygen atoms in total. The van der Waals surface area contributed by atoms with Crippen molar-refractivity contribution >= 4 is 118 Å². The molecule has 109 heavy (non-hydrogen) atoms. The van der Waals surface area contributed by atoms with Gasteiger partial charge < -0.3 is 134 Å². The Bertz CT molecular complexity index is 3240. The van der Waals surface area contributed by atoms with Crippen LogP contribution in [0.3, 0.4) is 0 Å². The number of primary amides is 3. The maximum Gasteiger partial charge on any atom is 0.245 e. The Morgan fingerprint density at radius 3 is 1.43 bits per heavy atom. The van der Waals surface area contributed by atoms with Crippen molar-refractivity contribution < 1.29 is 117 Å². The zero-order chi connectivity index (χ0) is 83.0. The van der Waals surface area contributed by atoms with Gasteiger partial charge in [-0.15, -0.1) is 11.8 Å². The first-order chi connectivity index (χ1) is 50.9. The van der Waals surface area contributed by atoms with E-state index in [-0.39, 0.29) is 70.4 Å². The van der Waals surface area contributed by atoms with Gasteiger partial charge in [0.1, 0.15) is 96.9 Å². The van der Waals surface area contributed by atoms with Crippen LogP contribution in [-0.4, -0.2) is 289 Å². The van der Waals surface area contributed by atoms with Crippen LogP contribution in [0.15, 0.2) is 4.99 Å². The second-order valence-corrected chi connectivity index (χ2v) is 28.5. The molecule has 2 fully saturated rings. The first kappa shape index (κ1) is 95.6. The van der Waals surface area contributed by atoms with Gasteiger partial charge in [-0.05, 0) is 83.1 Å². The van der Waals surface area contributed by atoms with Crippen LogP contribution in [0.5, 0.6) is 0 Å². The third kappa shape index (κ3) is 31.5. The number of thioether (sulfide) groups is 1. The number of aliphatic hydroxyl groups is 6. The van der Waals surface area contributed by atoms with Crippen molar-refractivity contribution in [3.05, 3.63) is 0 Å². The van der Waals surface area contributed by atoms with Gasteiger partial charge >= 0.3 is 0 Å². The third-order valence-electron chi connectivity index (χ3n) is 16.9. The number of hydrogen-bond acceptors (Lipinski definition) is 27. The smallest absolute Gasteiger partial charge is 0.245 e. The number of nitrogens with one attached hydrogen (secondary N) is 12. The van der Waals surface area contributed by atoms with E-state index in [0.29, 0.717) is 16.7 Å². The van der Waals surface area contributed by atoms with Crippen molar-refractivity contribution in [1.29, 1.82) is 0 Å². The largest absolute Gasteiger partial charge is 0.394 e. The predicted molar refractivity (Wildman–Crippen MR) is 384 cm³/mol. The number of carbonyl (C=O) groups is 17. The summed E-state index contributed by atoms with van der Waals surface area (Å²) in [5, 5.41) is 90.0. The summed E-state index contributed by atoms with van der Waals surface area (Å²) in [4.78, 5) is 233. The van der Waals surface area contributed by atoms with Gasteiger partial charge in [-0.2, -0.15) is 0 Å². The number of hydrogen-bond donors (Lipinski definition) is 24. The highest BCUT2D eigenvalue weighted by atomic mass is 32.2. The second-order valence-electron chi connectivity index (χ2n) is 27.3. The second kappa shape index (κ2) is 46.8. The summed E-state index contributed by atoms with van der Waals surface area (Å²) >= 11 is 0.537. The van der Waals surface area contributed by atoms with Crippen molar-refractivity contribution in [2.75, 3.05) is 38.7 Å². The van der Waals surface area contributed by atoms with Gasteiger partial charge in [0.25, 0.3) is 0 Å². The van der Waals surface area contributed by atoms with Gasteiger partial charge in [-0.1, -0.05) is 41.5 Å². The number of carbonyl (C=O) groups excluding carboxylic acids is 17. The maximum absolute atomic E-state index is 14.8. The Morgan fingerprint density at radius 1 is 0.505 bits per heavy atom. The van der Waals surface area contributed by atoms with E-state index in [9.17, 15) is 112 Å². The lowest BCUT2D eigenvalue weighted by atomic mass is 9.98. The zero-order valence-corrected chi connectivity index (χ0v) is 63.1. The van der Waals surface area contributed by atoms with Crippen LogP contribution in [-0.2, 0) is 86.2 Å². The van der Waals surface area contributed by atoms with E-state index in [4.69, 9.17) is 39.1 Å². The lowest BCUT2D eigenvalue weighted by Crippen LogP contribution is -2.64. The summed E-state index contributed by atoms with van der Waals surface area (Å²) in [6, 6.07) is -19.4. The fourth-order valence-electron chi connectivity index (χ4n) is 10.8. The Kier molecular flexibility index (Phi) is 41.0. The first-order valence-corrected chi connectivity index (χ1v) is 36.2. The summed E-state index contributed by atoms with van der Waals surface area (Å²) in [6.45, 7) is 9.77. The minimum absolute atomic E-state index is 0.0373. The standard InChI is InChI=1S/C64H110N20O24S/c1-26(2)19-35(78-53(98)34(14-12-18-71-64(69)70)76-52(97)30(8)73-60(105)45(27(3)4)74-31(9)88)56(101)81-37(22-85)57(102)82-39(25-109-41-21-44(91)84(62(41)107)63-49(94)48(93)47(92)40(24-87)108-63)59(104)77-33(13-10-11-17-65)54(99)80-38(23-86)58(103)83-46(28(5)6)61(106)79-36(20-43(67)90)55(100)72-29(7)51(96)75-32(50(68)95)15-16-42(66)89/h26-30,32-41,45-49,63,85-87,92-94H,10-25,65H2,1-9H3,(H2,66,89)(H2,67,90)(H2,68,95)(H,72,100)(H,73,105)(H,74,88)(H,75,96)(H,76,97)(H,77,104)(H,78,98)(H,79,106)(H,80,99)(H,81,101)(H,82,102)(H,83,103)(H4,69,70,71)/t29-,30-,32-,33-,34-,35-,36-,37-,38-,39-,40+,41?,45-,46-,47-,48-,49+,63+/m0/s1. The van der Waals surface area contributed by atoms with Crippen LogP contribution in [0.1, 0.15) is 127 Å². The fraction of sp³-hybridized carbons (Fsp3) is 0.719. The highest BCUT2D eigenvalue weighted by Crippen LogP contribution is 2.32. The van der Waals surface area contributed by atoms with Crippen molar-refractivity contribution in [2.45, 2.75) is 235 Å². The molecule has 0 aliphatic carbocycles. The quantitative estimate of drug-likeness (QED) is 0.0116. The molecule has 0 aromatic carbocycles. The van der Waals surface area contributed by atoms with Crippen LogP contribution >= 0.6 is 11.8 Å². The van der Waals surface area contributed by atoms with Crippen molar-refractivity contribution in [3.8, 4) is 0 Å². The lowest BCUT2D eigenvalue weighted by Gasteiger charge is -2.42. The number of amides is 17. The Balaban J connectivity index is 2.62. The molecule has 0 aromatic heterocycles. The Labute approximate surface area is 632 Å². The molecule has 2 rings (SSSR count). The van der Waals surface area contributed by atoms with Gasteiger partial charge in [0.2, 0.25) is 100 Å². The minimum Gasteiger partial charge on any atom is -0.394 e. The van der Waals surface area contributed by atoms with E-state index in [1.165, 1.54) is 27.7 Å². The van der Waals surface area contributed by atoms with E-state index in [2.05, 4.69) is 68.8 Å². The lowest BCUT2D eigenvalue weighted by molar-refractivity contribution is -0.258. The number of unbranched alkanes of at least 4 members (excludes halogenated alkanes) is 1. The van der Waals surface area contributed by atoms with E-state index in [0.717, 1.165) is 6.92 Å². The molecule has 2 aliphatic heterocycles. The molecular formula is C64H110N20O24S. The van der Waals surface area contributed by atoms with E-state index in [1.54, 1.807) is 27.7 Å². The first-order valence-electron chi connectivity index (χ1n) is 35.2. The van der Waals surface area contributed by atoms with Gasteiger partial charge in [0.15, 0.2) is 12.2 Å². The molecule has 45 heteroatoms. The Morgan fingerprint density at radius 2 is 0.945 bits per heavy atom. The molecule has 30 N–H and O–H groups in total. The average Bonchev–Trinajstić information content (AvgIpc) is 1.67. The normalized spacial score (nSPS) is 20.3. The number of likely N-dealkylation sites (tertiary alicyclic amines) is 1. The fourth-order valence-corrected chi connectivity index (χ4v) is 12.0. The molecule has 18 atom stereocenters. The van der Waals surface area contributed by atoms with Gasteiger partial charge in [0, 0.05) is 32.1 Å². The van der Waals surface area contributed by atoms with Crippen LogP contribution in [0, 0.1) is 17.8 Å². The maximum atomic E-state index is 14.8. The molecule has 0 saturated carbocycles. The van der Waals surface area contributed by atoms with E-state index >= 15 is 0 Å². The molecule has 2 saturated heterocycles. The summed E-state index contributed by atoms with van der Waals surface area (Å²) < 4.78 is 5.46. The molecule has 1 unspecified atom stereocenters. The van der Waals surface area contributed by atoms with Crippen LogP contribution in [0.2, 0.25) is 0 Å². The molecule has 616 valence electrons.